The minimum absolute atomic E-state index is 0.0872. The number of fused-ring (bicyclic) bond motifs is 1. The molecule has 0 saturated heterocycles. The summed E-state index contributed by atoms with van der Waals surface area (Å²) < 4.78 is 25.4. The number of halogens is 1. The van der Waals surface area contributed by atoms with Crippen LogP contribution in [0.4, 0.5) is 4.39 Å². The first-order chi connectivity index (χ1) is 17.8. The monoisotopic (exact) mass is 504 g/mol. The highest BCUT2D eigenvalue weighted by Gasteiger charge is 2.27. The van der Waals surface area contributed by atoms with Crippen LogP contribution in [0.1, 0.15) is 49.5 Å². The van der Waals surface area contributed by atoms with E-state index in [4.69, 9.17) is 9.47 Å². The van der Waals surface area contributed by atoms with Crippen LogP contribution in [-0.2, 0) is 6.42 Å². The Bertz CT molecular complexity index is 1380. The molecule has 0 bridgehead atoms. The van der Waals surface area contributed by atoms with Crippen LogP contribution in [0.3, 0.4) is 0 Å². The van der Waals surface area contributed by atoms with Crippen LogP contribution in [0.25, 0.3) is 22.0 Å². The molecule has 3 N–H and O–H groups in total. The summed E-state index contributed by atoms with van der Waals surface area (Å²) in [6.07, 6.45) is 3.50. The van der Waals surface area contributed by atoms with E-state index in [-0.39, 0.29) is 12.2 Å². The van der Waals surface area contributed by atoms with E-state index in [9.17, 15) is 14.3 Å². The van der Waals surface area contributed by atoms with Crippen molar-refractivity contribution in [1.29, 1.82) is 0 Å². The Hall–Kier alpha value is -3.84. The quantitative estimate of drug-likeness (QED) is 0.211. The molecule has 0 radical (unpaired) electrons. The Kier molecular flexibility index (Phi) is 8.14. The van der Waals surface area contributed by atoms with E-state index in [1.807, 2.05) is 37.3 Å². The molecule has 1 aromatic heterocycles. The Morgan fingerprint density at radius 3 is 2.54 bits per heavy atom. The first kappa shape index (κ1) is 26.2. The molecule has 1 atom stereocenters. The summed E-state index contributed by atoms with van der Waals surface area (Å²) >= 11 is 0. The zero-order valence-corrected chi connectivity index (χ0v) is 21.4. The number of benzene rings is 3. The molecule has 0 aliphatic carbocycles. The molecule has 7 heteroatoms. The molecule has 194 valence electrons. The first-order valence-electron chi connectivity index (χ1n) is 12.6. The molecule has 0 saturated carbocycles. The van der Waals surface area contributed by atoms with E-state index < -0.39 is 11.6 Å². The number of H-pyrrole nitrogens is 1. The third-order valence-electron chi connectivity index (χ3n) is 5.97. The van der Waals surface area contributed by atoms with Gasteiger partial charge in [0.2, 0.25) is 0 Å². The number of carbonyl (C=O) groups is 1. The van der Waals surface area contributed by atoms with E-state index in [1.165, 1.54) is 19.1 Å². The van der Waals surface area contributed by atoms with Crippen LogP contribution in [-0.4, -0.2) is 34.9 Å². The molecule has 1 heterocycles. The molecule has 4 rings (SSSR count). The SMILES string of the molecule is CCCOc1cccc(-c2ccc(OCCC)c(C(=O)NC(C)(O)Cc3c[nH]c4ccc(F)cc34)c2)c1. The smallest absolute Gasteiger partial charge is 0.257 e. The number of aromatic nitrogens is 1. The zero-order valence-electron chi connectivity index (χ0n) is 21.4. The predicted octanol–water partition coefficient (Wildman–Crippen LogP) is 6.23. The van der Waals surface area contributed by atoms with Gasteiger partial charge in [0.15, 0.2) is 0 Å². The van der Waals surface area contributed by atoms with Crippen molar-refractivity contribution in [2.24, 2.45) is 0 Å². The lowest BCUT2D eigenvalue weighted by atomic mass is 10.00. The molecule has 0 aliphatic rings. The molecule has 0 spiro atoms. The van der Waals surface area contributed by atoms with Crippen LogP contribution in [0.5, 0.6) is 11.5 Å². The molecule has 0 fully saturated rings. The third-order valence-corrected chi connectivity index (χ3v) is 5.97. The van der Waals surface area contributed by atoms with Crippen molar-refractivity contribution < 1.29 is 23.8 Å². The fourth-order valence-electron chi connectivity index (χ4n) is 4.23. The summed E-state index contributed by atoms with van der Waals surface area (Å²) in [5, 5.41) is 14.5. The summed E-state index contributed by atoms with van der Waals surface area (Å²) in [4.78, 5) is 16.5. The second-order valence-corrected chi connectivity index (χ2v) is 9.34. The van der Waals surface area contributed by atoms with E-state index in [0.29, 0.717) is 35.5 Å². The Morgan fingerprint density at radius 2 is 1.76 bits per heavy atom. The molecule has 0 aliphatic heterocycles. The lowest BCUT2D eigenvalue weighted by molar-refractivity contribution is 0.0234. The lowest BCUT2D eigenvalue weighted by Crippen LogP contribution is -2.47. The van der Waals surface area contributed by atoms with Gasteiger partial charge in [-0.2, -0.15) is 0 Å². The van der Waals surface area contributed by atoms with Gasteiger partial charge in [-0.05, 0) is 78.9 Å². The fourth-order valence-corrected chi connectivity index (χ4v) is 4.23. The first-order valence-corrected chi connectivity index (χ1v) is 12.6. The normalized spacial score (nSPS) is 12.8. The molecule has 1 amide bonds. The number of rotatable bonds is 11. The van der Waals surface area contributed by atoms with Crippen molar-refractivity contribution in [1.82, 2.24) is 10.3 Å². The highest BCUT2D eigenvalue weighted by Crippen LogP contribution is 2.30. The van der Waals surface area contributed by atoms with Crippen molar-refractivity contribution in [2.45, 2.75) is 45.8 Å². The maximum atomic E-state index is 13.8. The number of amides is 1. The standard InChI is InChI=1S/C30H33FN2O4/c1-4-13-36-24-8-6-7-20(15-24)21-9-12-28(37-14-5-2)26(16-21)29(34)33-30(3,35)18-22-19-32-27-11-10-23(31)17-25(22)27/h6-12,15-17,19,32,35H,4-5,13-14,18H2,1-3H3,(H,33,34). The minimum atomic E-state index is -1.59. The maximum Gasteiger partial charge on any atom is 0.257 e. The topological polar surface area (TPSA) is 83.6 Å². The lowest BCUT2D eigenvalue weighted by Gasteiger charge is -2.25. The second-order valence-electron chi connectivity index (χ2n) is 9.34. The van der Waals surface area contributed by atoms with E-state index in [0.717, 1.165) is 35.2 Å². The maximum absolute atomic E-state index is 13.8. The van der Waals surface area contributed by atoms with Crippen LogP contribution in [0.2, 0.25) is 0 Å². The van der Waals surface area contributed by atoms with Crippen LogP contribution >= 0.6 is 0 Å². The number of carbonyl (C=O) groups excluding carboxylic acids is 1. The van der Waals surface area contributed by atoms with Gasteiger partial charge in [-0.1, -0.05) is 32.0 Å². The summed E-state index contributed by atoms with van der Waals surface area (Å²) in [7, 11) is 0. The number of nitrogens with one attached hydrogen (secondary N) is 2. The highest BCUT2D eigenvalue weighted by atomic mass is 19.1. The Labute approximate surface area is 216 Å². The average molecular weight is 505 g/mol. The van der Waals surface area contributed by atoms with E-state index in [1.54, 1.807) is 24.4 Å². The number of aliphatic hydroxyl groups is 1. The third kappa shape index (κ3) is 6.49. The number of hydrogen-bond donors (Lipinski definition) is 3. The zero-order chi connectivity index (χ0) is 26.4. The summed E-state index contributed by atoms with van der Waals surface area (Å²) in [5.41, 5.74) is 1.90. The van der Waals surface area contributed by atoms with Gasteiger partial charge in [-0.3, -0.25) is 4.79 Å². The molecule has 6 nitrogen and oxygen atoms in total. The van der Waals surface area contributed by atoms with E-state index >= 15 is 0 Å². The van der Waals surface area contributed by atoms with Crippen LogP contribution in [0.15, 0.2) is 66.9 Å². The summed E-state index contributed by atoms with van der Waals surface area (Å²) in [6, 6.07) is 17.6. The number of hydrogen-bond acceptors (Lipinski definition) is 4. The molecular formula is C30H33FN2O4. The molecule has 3 aromatic carbocycles. The van der Waals surface area contributed by atoms with Crippen LogP contribution in [0, 0.1) is 5.82 Å². The van der Waals surface area contributed by atoms with Crippen molar-refractivity contribution in [3.63, 3.8) is 0 Å². The number of ether oxygens (including phenoxy) is 2. The molecule has 37 heavy (non-hydrogen) atoms. The Balaban J connectivity index is 1.60. The van der Waals surface area contributed by atoms with Gasteiger partial charge in [0, 0.05) is 23.5 Å². The van der Waals surface area contributed by atoms with Crippen molar-refractivity contribution in [3.8, 4) is 22.6 Å². The summed E-state index contributed by atoms with van der Waals surface area (Å²) in [6.45, 7) is 6.64. The molecule has 1 unspecified atom stereocenters. The van der Waals surface area contributed by atoms with Gasteiger partial charge < -0.3 is 24.9 Å². The predicted molar refractivity (Wildman–Crippen MR) is 144 cm³/mol. The minimum Gasteiger partial charge on any atom is -0.494 e. The summed E-state index contributed by atoms with van der Waals surface area (Å²) in [5.74, 6) is 0.360. The van der Waals surface area contributed by atoms with Crippen molar-refractivity contribution >= 4 is 16.8 Å². The Morgan fingerprint density at radius 1 is 1.00 bits per heavy atom. The van der Waals surface area contributed by atoms with E-state index in [2.05, 4.69) is 17.2 Å². The molecular weight excluding hydrogens is 471 g/mol. The second kappa shape index (κ2) is 11.5. The number of aromatic amines is 1. The molecule has 4 aromatic rings. The van der Waals surface area contributed by atoms with Crippen molar-refractivity contribution in [3.05, 3.63) is 83.8 Å². The average Bonchev–Trinajstić information content (AvgIpc) is 3.26. The highest BCUT2D eigenvalue weighted by molar-refractivity contribution is 5.98. The van der Waals surface area contributed by atoms with Gasteiger partial charge in [-0.15, -0.1) is 0 Å². The van der Waals surface area contributed by atoms with Crippen molar-refractivity contribution in [2.75, 3.05) is 13.2 Å². The van der Waals surface area contributed by atoms with Gasteiger partial charge in [-0.25, -0.2) is 4.39 Å². The van der Waals surface area contributed by atoms with Crippen LogP contribution < -0.4 is 14.8 Å². The van der Waals surface area contributed by atoms with Gasteiger partial charge in [0.05, 0.1) is 18.8 Å². The largest absolute Gasteiger partial charge is 0.494 e. The fraction of sp³-hybridized carbons (Fsp3) is 0.300. The van der Waals surface area contributed by atoms with Gasteiger partial charge in [0.25, 0.3) is 5.91 Å². The van der Waals surface area contributed by atoms with Gasteiger partial charge in [0.1, 0.15) is 23.0 Å². The van der Waals surface area contributed by atoms with Gasteiger partial charge >= 0.3 is 0 Å².